The minimum Gasteiger partial charge on any atom is -0.495 e. The van der Waals surface area contributed by atoms with Crippen molar-refractivity contribution in [3.63, 3.8) is 0 Å². The molecule has 2 aromatic carbocycles. The topological polar surface area (TPSA) is 119 Å². The van der Waals surface area contributed by atoms with E-state index in [1.807, 2.05) is 6.07 Å². The third-order valence-electron chi connectivity index (χ3n) is 7.34. The Morgan fingerprint density at radius 2 is 1.71 bits per heavy atom. The summed E-state index contributed by atoms with van der Waals surface area (Å²) in [6, 6.07) is 12.1. The van der Waals surface area contributed by atoms with Gasteiger partial charge in [0, 0.05) is 12.1 Å². The summed E-state index contributed by atoms with van der Waals surface area (Å²) in [5.74, 6) is -1.34. The maximum Gasteiger partial charge on any atom is 0.271 e. The Kier molecular flexibility index (Phi) is 5.84. The van der Waals surface area contributed by atoms with Crippen LogP contribution >= 0.6 is 0 Å². The zero-order valence-electron chi connectivity index (χ0n) is 19.1. The second-order valence-electron chi connectivity index (χ2n) is 9.21. The van der Waals surface area contributed by atoms with Crippen molar-refractivity contribution < 1.29 is 24.0 Å². The molecule has 9 heteroatoms. The smallest absolute Gasteiger partial charge is 0.271 e. The van der Waals surface area contributed by atoms with Crippen LogP contribution in [0.3, 0.4) is 0 Å². The Bertz CT molecular complexity index is 1190. The molecule has 1 saturated heterocycles. The monoisotopic (exact) mass is 475 g/mol. The number of nitrogens with one attached hydrogen (secondary N) is 1. The maximum absolute atomic E-state index is 13.6. The molecule has 1 heterocycles. The van der Waals surface area contributed by atoms with E-state index in [-0.39, 0.29) is 59.0 Å². The number of carbonyl (C=O) groups is 3. The molecule has 1 saturated carbocycles. The lowest BCUT2D eigenvalue weighted by Gasteiger charge is -2.38. The van der Waals surface area contributed by atoms with E-state index in [0.29, 0.717) is 5.56 Å². The lowest BCUT2D eigenvalue weighted by molar-refractivity contribution is -0.384. The van der Waals surface area contributed by atoms with Crippen LogP contribution in [-0.2, 0) is 14.4 Å². The Morgan fingerprint density at radius 3 is 2.26 bits per heavy atom. The number of ether oxygens (including phenoxy) is 1. The highest BCUT2D eigenvalue weighted by molar-refractivity contribution is 6.07. The van der Waals surface area contributed by atoms with Gasteiger partial charge in [0.25, 0.3) is 5.69 Å². The quantitative estimate of drug-likeness (QED) is 0.281. The molecule has 2 fully saturated rings. The number of imide groups is 1. The van der Waals surface area contributed by atoms with Crippen molar-refractivity contribution >= 4 is 29.1 Å². The number of rotatable bonds is 7. The molecule has 9 nitrogen and oxygen atoms in total. The maximum atomic E-state index is 13.6. The van der Waals surface area contributed by atoms with Crippen molar-refractivity contribution in [3.05, 3.63) is 76.4 Å². The van der Waals surface area contributed by atoms with E-state index in [9.17, 15) is 24.5 Å². The molecule has 0 aromatic heterocycles. The molecule has 0 unspecified atom stereocenters. The largest absolute Gasteiger partial charge is 0.495 e. The summed E-state index contributed by atoms with van der Waals surface area (Å²) in [6.45, 7) is 0. The molecule has 180 valence electrons. The molecule has 3 aliphatic carbocycles. The fourth-order valence-electron chi connectivity index (χ4n) is 5.72. The van der Waals surface area contributed by atoms with E-state index < -0.39 is 16.9 Å². The van der Waals surface area contributed by atoms with Gasteiger partial charge in [-0.2, -0.15) is 0 Å². The minimum absolute atomic E-state index is 0.0471. The highest BCUT2D eigenvalue weighted by Gasteiger charge is 2.58. The Morgan fingerprint density at radius 1 is 1.09 bits per heavy atom. The number of amides is 3. The summed E-state index contributed by atoms with van der Waals surface area (Å²) in [5.41, 5.74) is 0.625. The predicted octanol–water partition coefficient (Wildman–Crippen LogP) is 3.87. The summed E-state index contributed by atoms with van der Waals surface area (Å²) in [4.78, 5) is 52.2. The van der Waals surface area contributed by atoms with Gasteiger partial charge in [-0.3, -0.25) is 29.4 Å². The molecule has 3 amide bonds. The number of likely N-dealkylation sites (tertiary alicyclic amines) is 1. The summed E-state index contributed by atoms with van der Waals surface area (Å²) >= 11 is 0. The van der Waals surface area contributed by atoms with E-state index in [2.05, 4.69) is 17.5 Å². The lowest BCUT2D eigenvalue weighted by Crippen LogP contribution is -2.38. The van der Waals surface area contributed by atoms with Crippen LogP contribution in [0, 0.1) is 33.8 Å². The number of carbonyl (C=O) groups excluding carboxylic acids is 3. The van der Waals surface area contributed by atoms with Crippen LogP contribution in [0.5, 0.6) is 5.75 Å². The van der Waals surface area contributed by atoms with Gasteiger partial charge >= 0.3 is 0 Å². The van der Waals surface area contributed by atoms with E-state index in [0.717, 1.165) is 12.8 Å². The van der Waals surface area contributed by atoms with Crippen LogP contribution in [0.2, 0.25) is 0 Å². The van der Waals surface area contributed by atoms with Gasteiger partial charge in [-0.25, -0.2) is 0 Å². The highest BCUT2D eigenvalue weighted by Crippen LogP contribution is 2.51. The van der Waals surface area contributed by atoms with Gasteiger partial charge in [-0.05, 0) is 36.3 Å². The first-order valence-corrected chi connectivity index (χ1v) is 11.6. The summed E-state index contributed by atoms with van der Waals surface area (Å²) in [5, 5.41) is 13.9. The van der Waals surface area contributed by atoms with Gasteiger partial charge in [-0.15, -0.1) is 0 Å². The van der Waals surface area contributed by atoms with E-state index in [1.165, 1.54) is 30.2 Å². The van der Waals surface area contributed by atoms with Gasteiger partial charge in [0.2, 0.25) is 17.7 Å². The molecule has 0 radical (unpaired) electrons. The number of methoxy groups -OCH3 is 1. The van der Waals surface area contributed by atoms with Crippen molar-refractivity contribution in [2.24, 2.45) is 23.7 Å². The summed E-state index contributed by atoms with van der Waals surface area (Å²) in [7, 11) is 1.40. The molecular weight excluding hydrogens is 450 g/mol. The molecule has 2 bridgehead atoms. The molecule has 4 aliphatic rings. The number of anilines is 1. The highest BCUT2D eigenvalue weighted by atomic mass is 16.6. The second kappa shape index (κ2) is 8.98. The summed E-state index contributed by atoms with van der Waals surface area (Å²) in [6.07, 6.45) is 5.71. The number of benzene rings is 2. The standard InChI is InChI=1S/C26H25N3O6/c1-35-21-12-11-18(29(33)34)13-19(21)27-22(30)14-20(15-5-3-2-4-6-15)28-25(31)23-16-7-8-17(10-9-16)24(23)26(28)32/h2-8,11-13,16-17,20,23-24H,9-10,14H2,1H3,(H,27,30)/t16-,17-,20+,23+,24+/m0/s1. The van der Waals surface area contributed by atoms with Crippen molar-refractivity contribution in [1.82, 2.24) is 4.90 Å². The SMILES string of the molecule is COc1ccc([N+](=O)[O-])cc1NC(=O)C[C@H](c1ccccc1)N1C(=O)[C@H]2[C@H](C1=O)[C@H]1C=C[C@H]2CC1. The normalized spacial score (nSPS) is 25.3. The number of nitro benzene ring substituents is 1. The van der Waals surface area contributed by atoms with E-state index >= 15 is 0 Å². The van der Waals surface area contributed by atoms with E-state index in [1.54, 1.807) is 24.3 Å². The Balaban J connectivity index is 1.44. The van der Waals surface area contributed by atoms with Gasteiger partial charge in [-0.1, -0.05) is 42.5 Å². The Labute approximate surface area is 201 Å². The Hall–Kier alpha value is -4.01. The first kappa shape index (κ1) is 22.8. The summed E-state index contributed by atoms with van der Waals surface area (Å²) < 4.78 is 5.24. The van der Waals surface area contributed by atoms with Crippen molar-refractivity contribution in [2.45, 2.75) is 25.3 Å². The van der Waals surface area contributed by atoms with E-state index in [4.69, 9.17) is 4.74 Å². The fourth-order valence-corrected chi connectivity index (χ4v) is 5.72. The molecule has 2 aromatic rings. The van der Waals surface area contributed by atoms with Gasteiger partial charge in [0.15, 0.2) is 0 Å². The number of fused-ring (bicyclic) bond motifs is 1. The molecule has 1 aliphatic heterocycles. The lowest BCUT2D eigenvalue weighted by atomic mass is 9.63. The average Bonchev–Trinajstić information content (AvgIpc) is 3.15. The van der Waals surface area contributed by atoms with Crippen LogP contribution in [-0.4, -0.2) is 34.7 Å². The first-order chi connectivity index (χ1) is 16.9. The third-order valence-corrected chi connectivity index (χ3v) is 7.34. The average molecular weight is 476 g/mol. The van der Waals surface area contributed by atoms with Crippen molar-refractivity contribution in [1.29, 1.82) is 0 Å². The van der Waals surface area contributed by atoms with Crippen molar-refractivity contribution in [3.8, 4) is 5.75 Å². The van der Waals surface area contributed by atoms with Crippen LogP contribution in [0.25, 0.3) is 0 Å². The number of nitro groups is 1. The van der Waals surface area contributed by atoms with Crippen molar-refractivity contribution in [2.75, 3.05) is 12.4 Å². The fraction of sp³-hybridized carbons (Fsp3) is 0.346. The number of nitrogens with zero attached hydrogens (tertiary/aromatic N) is 2. The predicted molar refractivity (Wildman–Crippen MR) is 126 cm³/mol. The number of hydrogen-bond donors (Lipinski definition) is 1. The third kappa shape index (κ3) is 3.96. The van der Waals surface area contributed by atoms with Gasteiger partial charge < -0.3 is 10.1 Å². The molecule has 0 spiro atoms. The second-order valence-corrected chi connectivity index (χ2v) is 9.21. The minimum atomic E-state index is -0.786. The molecular formula is C26H25N3O6. The van der Waals surface area contributed by atoms with Gasteiger partial charge in [0.05, 0.1) is 42.0 Å². The van der Waals surface area contributed by atoms with Crippen LogP contribution in [0.1, 0.15) is 30.9 Å². The van der Waals surface area contributed by atoms with Gasteiger partial charge in [0.1, 0.15) is 5.75 Å². The molecule has 35 heavy (non-hydrogen) atoms. The molecule has 5 atom stereocenters. The molecule has 6 rings (SSSR count). The van der Waals surface area contributed by atoms with Crippen LogP contribution in [0.15, 0.2) is 60.7 Å². The zero-order chi connectivity index (χ0) is 24.7. The number of non-ortho nitro benzene ring substituents is 1. The first-order valence-electron chi connectivity index (χ1n) is 11.6. The molecule has 1 N–H and O–H groups in total. The number of hydrogen-bond acceptors (Lipinski definition) is 6. The number of allylic oxidation sites excluding steroid dienone is 2. The van der Waals surface area contributed by atoms with Crippen LogP contribution < -0.4 is 10.1 Å². The zero-order valence-corrected chi connectivity index (χ0v) is 19.1. The van der Waals surface area contributed by atoms with Crippen LogP contribution in [0.4, 0.5) is 11.4 Å².